The van der Waals surface area contributed by atoms with Gasteiger partial charge >= 0.3 is 0 Å². The largest absolute Gasteiger partial charge is 0.316 e. The van der Waals surface area contributed by atoms with Crippen LogP contribution in [0.4, 0.5) is 0 Å². The second-order valence-corrected chi connectivity index (χ2v) is 6.89. The molecule has 0 fully saturated rings. The Morgan fingerprint density at radius 1 is 1.47 bits per heavy atom. The fraction of sp³-hybridized carbons (Fsp3) is 0.750. The molecule has 2 nitrogen and oxygen atoms in total. The summed E-state index contributed by atoms with van der Waals surface area (Å²) < 4.78 is 0. The SMILES string of the molecule is CCCNCC(C)C(C)N1CCc2sccc2C1C. The Kier molecular flexibility index (Phi) is 5.43. The lowest BCUT2D eigenvalue weighted by Gasteiger charge is -2.40. The molecule has 0 saturated carbocycles. The monoisotopic (exact) mass is 280 g/mol. The molecular weight excluding hydrogens is 252 g/mol. The van der Waals surface area contributed by atoms with Gasteiger partial charge in [-0.2, -0.15) is 0 Å². The molecule has 0 saturated heterocycles. The molecule has 3 heteroatoms. The third-order valence-electron chi connectivity index (χ3n) is 4.56. The van der Waals surface area contributed by atoms with Gasteiger partial charge < -0.3 is 5.32 Å². The van der Waals surface area contributed by atoms with E-state index in [0.29, 0.717) is 18.0 Å². The first-order valence-corrected chi connectivity index (χ1v) is 8.55. The van der Waals surface area contributed by atoms with E-state index in [4.69, 9.17) is 0 Å². The summed E-state index contributed by atoms with van der Waals surface area (Å²) in [6.45, 7) is 12.9. The molecule has 1 aromatic rings. The summed E-state index contributed by atoms with van der Waals surface area (Å²) in [7, 11) is 0. The van der Waals surface area contributed by atoms with Crippen LogP contribution in [-0.4, -0.2) is 30.6 Å². The summed E-state index contributed by atoms with van der Waals surface area (Å²) in [6, 6.07) is 3.55. The van der Waals surface area contributed by atoms with Crippen LogP contribution in [0, 0.1) is 5.92 Å². The number of thiophene rings is 1. The molecule has 1 N–H and O–H groups in total. The molecule has 19 heavy (non-hydrogen) atoms. The Morgan fingerprint density at radius 3 is 3.00 bits per heavy atom. The average molecular weight is 280 g/mol. The van der Waals surface area contributed by atoms with Crippen LogP contribution in [0.1, 0.15) is 50.6 Å². The molecule has 0 radical (unpaired) electrons. The molecule has 0 aromatic carbocycles. The van der Waals surface area contributed by atoms with Gasteiger partial charge in [0.15, 0.2) is 0 Å². The van der Waals surface area contributed by atoms with Crippen molar-refractivity contribution in [1.82, 2.24) is 10.2 Å². The first kappa shape index (κ1) is 15.0. The number of rotatable bonds is 6. The van der Waals surface area contributed by atoms with Crippen molar-refractivity contribution in [2.75, 3.05) is 19.6 Å². The lowest BCUT2D eigenvalue weighted by molar-refractivity contribution is 0.108. The molecular formula is C16H28N2S. The normalized spacial score (nSPS) is 23.1. The van der Waals surface area contributed by atoms with Crippen LogP contribution in [0.3, 0.4) is 0 Å². The van der Waals surface area contributed by atoms with Crippen LogP contribution < -0.4 is 5.32 Å². The van der Waals surface area contributed by atoms with Gasteiger partial charge in [-0.05, 0) is 62.7 Å². The molecule has 1 aromatic heterocycles. The highest BCUT2D eigenvalue weighted by atomic mass is 32.1. The third kappa shape index (κ3) is 3.39. The molecule has 3 atom stereocenters. The zero-order chi connectivity index (χ0) is 13.8. The highest BCUT2D eigenvalue weighted by Gasteiger charge is 2.30. The Hall–Kier alpha value is -0.380. The predicted octanol–water partition coefficient (Wildman–Crippen LogP) is 3.69. The van der Waals surface area contributed by atoms with E-state index in [0.717, 1.165) is 13.1 Å². The van der Waals surface area contributed by atoms with Crippen molar-refractivity contribution in [3.63, 3.8) is 0 Å². The number of fused-ring (bicyclic) bond motifs is 1. The Morgan fingerprint density at radius 2 is 2.26 bits per heavy atom. The van der Waals surface area contributed by atoms with E-state index < -0.39 is 0 Å². The number of hydrogen-bond donors (Lipinski definition) is 1. The zero-order valence-electron chi connectivity index (χ0n) is 12.8. The molecule has 2 rings (SSSR count). The summed E-state index contributed by atoms with van der Waals surface area (Å²) in [4.78, 5) is 4.29. The second kappa shape index (κ2) is 6.87. The predicted molar refractivity (Wildman–Crippen MR) is 84.9 cm³/mol. The second-order valence-electron chi connectivity index (χ2n) is 5.88. The maximum Gasteiger partial charge on any atom is 0.0333 e. The van der Waals surface area contributed by atoms with Crippen molar-refractivity contribution in [2.45, 2.75) is 52.6 Å². The highest BCUT2D eigenvalue weighted by Crippen LogP contribution is 2.35. The molecule has 0 amide bonds. The maximum absolute atomic E-state index is 3.56. The van der Waals surface area contributed by atoms with E-state index in [1.165, 1.54) is 19.4 Å². The van der Waals surface area contributed by atoms with Crippen molar-refractivity contribution < 1.29 is 0 Å². The third-order valence-corrected chi connectivity index (χ3v) is 5.56. The molecule has 0 bridgehead atoms. The van der Waals surface area contributed by atoms with Gasteiger partial charge in [0.05, 0.1) is 0 Å². The molecule has 108 valence electrons. The van der Waals surface area contributed by atoms with E-state index >= 15 is 0 Å². The van der Waals surface area contributed by atoms with Crippen molar-refractivity contribution >= 4 is 11.3 Å². The van der Waals surface area contributed by atoms with Crippen molar-refractivity contribution in [3.05, 3.63) is 21.9 Å². The van der Waals surface area contributed by atoms with E-state index in [9.17, 15) is 0 Å². The van der Waals surface area contributed by atoms with Crippen LogP contribution >= 0.6 is 11.3 Å². The molecule has 0 aliphatic carbocycles. The molecule has 0 spiro atoms. The Labute approximate surface area is 122 Å². The summed E-state index contributed by atoms with van der Waals surface area (Å²) in [5, 5.41) is 5.81. The summed E-state index contributed by atoms with van der Waals surface area (Å²) in [5.74, 6) is 0.703. The van der Waals surface area contributed by atoms with Crippen molar-refractivity contribution in [2.24, 2.45) is 5.92 Å². The molecule has 3 unspecified atom stereocenters. The van der Waals surface area contributed by atoms with Crippen molar-refractivity contribution in [3.8, 4) is 0 Å². The van der Waals surface area contributed by atoms with Crippen LogP contribution in [0.15, 0.2) is 11.4 Å². The van der Waals surface area contributed by atoms with Gasteiger partial charge in [0.1, 0.15) is 0 Å². The smallest absolute Gasteiger partial charge is 0.0333 e. The van der Waals surface area contributed by atoms with Gasteiger partial charge in [-0.25, -0.2) is 0 Å². The van der Waals surface area contributed by atoms with Crippen LogP contribution in [0.25, 0.3) is 0 Å². The fourth-order valence-corrected chi connectivity index (χ4v) is 4.05. The lowest BCUT2D eigenvalue weighted by atomic mass is 9.94. The number of hydrogen-bond acceptors (Lipinski definition) is 3. The lowest BCUT2D eigenvalue weighted by Crippen LogP contribution is -2.45. The maximum atomic E-state index is 3.56. The topological polar surface area (TPSA) is 15.3 Å². The zero-order valence-corrected chi connectivity index (χ0v) is 13.6. The van der Waals surface area contributed by atoms with Crippen LogP contribution in [0.5, 0.6) is 0 Å². The van der Waals surface area contributed by atoms with Gasteiger partial charge in [-0.15, -0.1) is 11.3 Å². The molecule has 1 aliphatic rings. The molecule has 2 heterocycles. The van der Waals surface area contributed by atoms with E-state index in [1.807, 2.05) is 11.3 Å². The van der Waals surface area contributed by atoms with Gasteiger partial charge in [0.2, 0.25) is 0 Å². The van der Waals surface area contributed by atoms with E-state index in [-0.39, 0.29) is 0 Å². The summed E-state index contributed by atoms with van der Waals surface area (Å²) >= 11 is 1.93. The van der Waals surface area contributed by atoms with Gasteiger partial charge in [0.25, 0.3) is 0 Å². The number of nitrogens with one attached hydrogen (secondary N) is 1. The minimum absolute atomic E-state index is 0.582. The van der Waals surface area contributed by atoms with E-state index in [2.05, 4.69) is 49.4 Å². The Balaban J connectivity index is 1.94. The standard InChI is InChI=1S/C16H28N2S/c1-5-8-17-11-12(2)13(3)18-9-6-16-15(14(18)4)7-10-19-16/h7,10,12-14,17H,5-6,8-9,11H2,1-4H3. The van der Waals surface area contributed by atoms with Gasteiger partial charge in [0, 0.05) is 23.5 Å². The van der Waals surface area contributed by atoms with Crippen LogP contribution in [-0.2, 0) is 6.42 Å². The summed E-state index contributed by atoms with van der Waals surface area (Å²) in [5.41, 5.74) is 1.57. The fourth-order valence-electron chi connectivity index (χ4n) is 3.09. The minimum atomic E-state index is 0.582. The Bertz CT molecular complexity index is 388. The van der Waals surface area contributed by atoms with E-state index in [1.54, 1.807) is 10.4 Å². The minimum Gasteiger partial charge on any atom is -0.316 e. The summed E-state index contributed by atoms with van der Waals surface area (Å²) in [6.07, 6.45) is 2.45. The first-order chi connectivity index (χ1) is 9.15. The molecule has 1 aliphatic heterocycles. The first-order valence-electron chi connectivity index (χ1n) is 7.67. The average Bonchev–Trinajstić information content (AvgIpc) is 2.88. The highest BCUT2D eigenvalue weighted by molar-refractivity contribution is 7.10. The quantitative estimate of drug-likeness (QED) is 0.800. The number of nitrogens with zero attached hydrogens (tertiary/aromatic N) is 1. The van der Waals surface area contributed by atoms with Gasteiger partial charge in [-0.1, -0.05) is 13.8 Å². The van der Waals surface area contributed by atoms with Crippen molar-refractivity contribution in [1.29, 1.82) is 0 Å². The van der Waals surface area contributed by atoms with Crippen LogP contribution in [0.2, 0.25) is 0 Å². The van der Waals surface area contributed by atoms with Gasteiger partial charge in [-0.3, -0.25) is 4.90 Å².